The van der Waals surface area contributed by atoms with Crippen LogP contribution in [0.15, 0.2) is 0 Å². The fourth-order valence-electron chi connectivity index (χ4n) is 7.77. The average Bonchev–Trinajstić information content (AvgIpc) is 3.15. The lowest BCUT2D eigenvalue weighted by Crippen LogP contribution is -2.42. The highest BCUT2D eigenvalue weighted by atomic mass is 16.5. The van der Waals surface area contributed by atoms with Crippen molar-refractivity contribution in [2.45, 2.75) is 265 Å². The van der Waals surface area contributed by atoms with Crippen LogP contribution in [0.2, 0.25) is 0 Å². The number of carbonyl (C=O) groups is 2. The van der Waals surface area contributed by atoms with E-state index in [0.29, 0.717) is 12.8 Å². The third-order valence-electron chi connectivity index (χ3n) is 11.3. The SMILES string of the molecule is CCCCCCCCCCCCC(CN(CCCN(C)C)CC(CCCCCCCCCCCC)OC(=O)CCCCCCC)OC(=O)CCCCCCC. The second-order valence-electron chi connectivity index (χ2n) is 17.4. The van der Waals surface area contributed by atoms with Crippen LogP contribution in [0.4, 0.5) is 0 Å². The smallest absolute Gasteiger partial charge is 0.306 e. The van der Waals surface area contributed by atoms with Gasteiger partial charge in [-0.2, -0.15) is 0 Å². The monoisotopic (exact) mass is 779 g/mol. The number of ether oxygens (including phenoxy) is 2. The summed E-state index contributed by atoms with van der Waals surface area (Å²) in [5.74, 6) is -0.0588. The van der Waals surface area contributed by atoms with Crippen molar-refractivity contribution in [2.24, 2.45) is 0 Å². The van der Waals surface area contributed by atoms with Crippen LogP contribution in [0, 0.1) is 0 Å². The van der Waals surface area contributed by atoms with Crippen LogP contribution >= 0.6 is 0 Å². The molecule has 0 rings (SSSR count). The van der Waals surface area contributed by atoms with E-state index in [9.17, 15) is 9.59 Å². The van der Waals surface area contributed by atoms with Gasteiger partial charge < -0.3 is 14.4 Å². The van der Waals surface area contributed by atoms with Gasteiger partial charge in [-0.25, -0.2) is 0 Å². The average molecular weight is 779 g/mol. The Kier molecular flexibility index (Phi) is 41.6. The number of esters is 2. The van der Waals surface area contributed by atoms with E-state index in [1.54, 1.807) is 0 Å². The second-order valence-corrected chi connectivity index (χ2v) is 17.4. The predicted molar refractivity (Wildman–Crippen MR) is 239 cm³/mol. The van der Waals surface area contributed by atoms with Gasteiger partial charge in [0.05, 0.1) is 0 Å². The molecule has 0 spiro atoms. The summed E-state index contributed by atoms with van der Waals surface area (Å²) in [4.78, 5) is 31.1. The van der Waals surface area contributed by atoms with Gasteiger partial charge in [0.1, 0.15) is 12.2 Å². The predicted octanol–water partition coefficient (Wildman–Crippen LogP) is 14.4. The minimum Gasteiger partial charge on any atom is -0.461 e. The molecule has 6 nitrogen and oxygen atoms in total. The highest BCUT2D eigenvalue weighted by Crippen LogP contribution is 2.19. The summed E-state index contributed by atoms with van der Waals surface area (Å²) in [6.45, 7) is 12.4. The molecule has 2 atom stereocenters. The van der Waals surface area contributed by atoms with Gasteiger partial charge in [-0.3, -0.25) is 14.5 Å². The molecule has 0 radical (unpaired) electrons. The number of nitrogens with zero attached hydrogens (tertiary/aromatic N) is 2. The molecule has 328 valence electrons. The maximum atomic E-state index is 13.2. The Morgan fingerprint density at radius 3 is 0.982 bits per heavy atom. The minimum atomic E-state index is -0.108. The summed E-state index contributed by atoms with van der Waals surface area (Å²) < 4.78 is 12.6. The largest absolute Gasteiger partial charge is 0.461 e. The van der Waals surface area contributed by atoms with Gasteiger partial charge in [-0.05, 0) is 72.1 Å². The summed E-state index contributed by atoms with van der Waals surface area (Å²) in [5, 5.41) is 0. The molecule has 0 aliphatic rings. The van der Waals surface area contributed by atoms with Crippen molar-refractivity contribution in [3.05, 3.63) is 0 Å². The van der Waals surface area contributed by atoms with E-state index in [2.05, 4.69) is 51.6 Å². The topological polar surface area (TPSA) is 59.1 Å². The summed E-state index contributed by atoms with van der Waals surface area (Å²) in [7, 11) is 4.27. The molecule has 0 N–H and O–H groups in total. The molecule has 0 saturated heterocycles. The van der Waals surface area contributed by atoms with Crippen molar-refractivity contribution in [3.63, 3.8) is 0 Å². The van der Waals surface area contributed by atoms with E-state index in [1.165, 1.54) is 154 Å². The zero-order valence-electron chi connectivity index (χ0n) is 38.3. The summed E-state index contributed by atoms with van der Waals surface area (Å²) >= 11 is 0. The van der Waals surface area contributed by atoms with Gasteiger partial charge in [0.15, 0.2) is 0 Å². The van der Waals surface area contributed by atoms with E-state index < -0.39 is 0 Å². The van der Waals surface area contributed by atoms with Gasteiger partial charge in [-0.1, -0.05) is 195 Å². The van der Waals surface area contributed by atoms with Crippen LogP contribution < -0.4 is 0 Å². The molecule has 0 aliphatic heterocycles. The molecular weight excluding hydrogens is 681 g/mol. The number of unbranched alkanes of at least 4 members (excludes halogenated alkanes) is 26. The van der Waals surface area contributed by atoms with E-state index >= 15 is 0 Å². The van der Waals surface area contributed by atoms with Crippen LogP contribution in [0.25, 0.3) is 0 Å². The molecule has 55 heavy (non-hydrogen) atoms. The molecule has 2 unspecified atom stereocenters. The zero-order chi connectivity index (χ0) is 40.5. The number of carbonyl (C=O) groups excluding carboxylic acids is 2. The quantitative estimate of drug-likeness (QED) is 0.0453. The molecule has 0 aromatic heterocycles. The van der Waals surface area contributed by atoms with Crippen molar-refractivity contribution < 1.29 is 19.1 Å². The van der Waals surface area contributed by atoms with Gasteiger partial charge in [0.25, 0.3) is 0 Å². The summed E-state index contributed by atoms with van der Waals surface area (Å²) in [5.41, 5.74) is 0. The van der Waals surface area contributed by atoms with Crippen LogP contribution in [0.1, 0.15) is 252 Å². The van der Waals surface area contributed by atoms with Gasteiger partial charge >= 0.3 is 11.9 Å². The third-order valence-corrected chi connectivity index (χ3v) is 11.3. The summed E-state index contributed by atoms with van der Waals surface area (Å²) in [6, 6.07) is 0. The molecule has 0 aromatic rings. The highest BCUT2D eigenvalue weighted by Gasteiger charge is 2.23. The van der Waals surface area contributed by atoms with Crippen LogP contribution in [0.3, 0.4) is 0 Å². The first-order valence-corrected chi connectivity index (χ1v) is 24.6. The Hall–Kier alpha value is -1.14. The Balaban J connectivity index is 5.53. The summed E-state index contributed by atoms with van der Waals surface area (Å²) in [6.07, 6.45) is 41.1. The lowest BCUT2D eigenvalue weighted by molar-refractivity contribution is -0.152. The van der Waals surface area contributed by atoms with Crippen molar-refractivity contribution in [3.8, 4) is 0 Å². The highest BCUT2D eigenvalue weighted by molar-refractivity contribution is 5.69. The van der Waals surface area contributed by atoms with E-state index in [-0.39, 0.29) is 24.1 Å². The first-order chi connectivity index (χ1) is 26.9. The van der Waals surface area contributed by atoms with Crippen molar-refractivity contribution >= 4 is 11.9 Å². The molecule has 0 heterocycles. The number of rotatable bonds is 44. The van der Waals surface area contributed by atoms with E-state index in [0.717, 1.165) is 84.0 Å². The van der Waals surface area contributed by atoms with Gasteiger partial charge in [0.2, 0.25) is 0 Å². The Labute approximate surface area is 344 Å². The lowest BCUT2D eigenvalue weighted by atomic mass is 10.0. The molecule has 0 bridgehead atoms. The van der Waals surface area contributed by atoms with Crippen LogP contribution in [0.5, 0.6) is 0 Å². The second kappa shape index (κ2) is 42.5. The molecule has 6 heteroatoms. The van der Waals surface area contributed by atoms with E-state index in [1.807, 2.05) is 0 Å². The Morgan fingerprint density at radius 1 is 0.382 bits per heavy atom. The Morgan fingerprint density at radius 2 is 0.673 bits per heavy atom. The molecule has 0 amide bonds. The third kappa shape index (κ3) is 39.5. The van der Waals surface area contributed by atoms with Gasteiger partial charge in [-0.15, -0.1) is 0 Å². The fraction of sp³-hybridized carbons (Fsp3) is 0.959. The molecular formula is C49H98N2O4. The van der Waals surface area contributed by atoms with Crippen molar-refractivity contribution in [2.75, 3.05) is 40.3 Å². The molecule has 0 saturated carbocycles. The van der Waals surface area contributed by atoms with Gasteiger partial charge in [0, 0.05) is 25.9 Å². The molecule has 0 fully saturated rings. The molecule has 0 aliphatic carbocycles. The fourth-order valence-corrected chi connectivity index (χ4v) is 7.77. The number of hydrogen-bond donors (Lipinski definition) is 0. The standard InChI is InChI=1S/C49H98N2O4/c1-7-11-15-19-21-23-25-27-31-33-38-46(54-48(52)40-35-29-17-13-9-3)44-51(43-37-42-50(5)6)45-47(55-49(53)41-36-30-18-14-10-4)39-34-32-28-26-24-22-20-16-12-8-2/h46-47H,7-45H2,1-6H3. The first kappa shape index (κ1) is 53.9. The van der Waals surface area contributed by atoms with Crippen LogP contribution in [-0.4, -0.2) is 74.2 Å². The van der Waals surface area contributed by atoms with Crippen molar-refractivity contribution in [1.29, 1.82) is 0 Å². The Bertz CT molecular complexity index is 748. The zero-order valence-corrected chi connectivity index (χ0v) is 38.3. The maximum absolute atomic E-state index is 13.2. The normalized spacial score (nSPS) is 12.8. The number of hydrogen-bond acceptors (Lipinski definition) is 6. The van der Waals surface area contributed by atoms with E-state index in [4.69, 9.17) is 9.47 Å². The first-order valence-electron chi connectivity index (χ1n) is 24.6. The lowest BCUT2D eigenvalue weighted by Gasteiger charge is -2.31. The molecule has 0 aromatic carbocycles. The van der Waals surface area contributed by atoms with Crippen molar-refractivity contribution in [1.82, 2.24) is 9.80 Å². The maximum Gasteiger partial charge on any atom is 0.306 e. The van der Waals surface area contributed by atoms with Crippen LogP contribution in [-0.2, 0) is 19.1 Å². The minimum absolute atomic E-state index is 0.0294.